The van der Waals surface area contributed by atoms with Crippen LogP contribution in [0.1, 0.15) is 32.1 Å². The van der Waals surface area contributed by atoms with Gasteiger partial charge in [0, 0.05) is 12.2 Å². The van der Waals surface area contributed by atoms with Crippen molar-refractivity contribution in [1.29, 1.82) is 0 Å². The molecule has 5 heteroatoms. The van der Waals surface area contributed by atoms with Crippen LogP contribution in [-0.4, -0.2) is 24.7 Å². The molecule has 3 N–H and O–H groups in total. The summed E-state index contributed by atoms with van der Waals surface area (Å²) in [6.07, 6.45) is 5.17. The van der Waals surface area contributed by atoms with Crippen molar-refractivity contribution in [2.45, 2.75) is 37.7 Å². The van der Waals surface area contributed by atoms with E-state index in [2.05, 4.69) is 5.32 Å². The summed E-state index contributed by atoms with van der Waals surface area (Å²) < 4.78 is 18.8. The highest BCUT2D eigenvalue weighted by Crippen LogP contribution is 2.30. The van der Waals surface area contributed by atoms with E-state index in [1.165, 1.54) is 18.6 Å². The normalized spacial score (nSPS) is 17.7. The number of anilines is 1. The molecule has 1 aliphatic rings. The van der Waals surface area contributed by atoms with Crippen LogP contribution in [0.2, 0.25) is 0 Å². The maximum Gasteiger partial charge on any atom is 0.250 e. The Balaban J connectivity index is 1.85. The summed E-state index contributed by atoms with van der Waals surface area (Å²) in [5.41, 5.74) is 5.86. The maximum absolute atomic E-state index is 13.0. The van der Waals surface area contributed by atoms with Crippen LogP contribution >= 0.6 is 0 Å². The Bertz CT molecular complexity index is 459. The molecule has 1 aromatic rings. The van der Waals surface area contributed by atoms with Crippen LogP contribution in [0, 0.1) is 5.82 Å². The van der Waals surface area contributed by atoms with Crippen molar-refractivity contribution in [3.05, 3.63) is 30.1 Å². The predicted octanol–water partition coefficient (Wildman–Crippen LogP) is 2.44. The van der Waals surface area contributed by atoms with Crippen LogP contribution < -0.4 is 11.1 Å². The molecule has 0 aliphatic heterocycles. The minimum atomic E-state index is -0.380. The molecule has 1 saturated carbocycles. The lowest BCUT2D eigenvalue weighted by molar-refractivity contribution is -0.130. The molecular formula is C15H21FN2O2. The van der Waals surface area contributed by atoms with Crippen molar-refractivity contribution < 1.29 is 13.9 Å². The monoisotopic (exact) mass is 280 g/mol. The fraction of sp³-hybridized carbons (Fsp3) is 0.533. The number of carbonyl (C=O) groups is 1. The zero-order chi connectivity index (χ0) is 14.4. The molecule has 0 radical (unpaired) electrons. The Morgan fingerprint density at radius 3 is 2.75 bits per heavy atom. The molecule has 1 amide bonds. The van der Waals surface area contributed by atoms with Gasteiger partial charge in [0.2, 0.25) is 5.91 Å². The van der Waals surface area contributed by atoms with Gasteiger partial charge in [-0.25, -0.2) is 4.39 Å². The smallest absolute Gasteiger partial charge is 0.250 e. The Morgan fingerprint density at radius 2 is 2.10 bits per heavy atom. The number of hydrogen-bond donors (Lipinski definition) is 2. The Hall–Kier alpha value is -1.46. The third-order valence-electron chi connectivity index (χ3n) is 3.75. The second kappa shape index (κ2) is 6.81. The lowest BCUT2D eigenvalue weighted by Crippen LogP contribution is -2.44. The number of nitrogens with one attached hydrogen (secondary N) is 1. The van der Waals surface area contributed by atoms with Crippen molar-refractivity contribution in [3.63, 3.8) is 0 Å². The average molecular weight is 280 g/mol. The van der Waals surface area contributed by atoms with Gasteiger partial charge in [0.15, 0.2) is 0 Å². The zero-order valence-corrected chi connectivity index (χ0v) is 11.5. The van der Waals surface area contributed by atoms with Gasteiger partial charge in [-0.15, -0.1) is 0 Å². The first-order valence-electron chi connectivity index (χ1n) is 7.03. The van der Waals surface area contributed by atoms with E-state index in [4.69, 9.17) is 10.5 Å². The van der Waals surface area contributed by atoms with Crippen molar-refractivity contribution in [2.24, 2.45) is 5.73 Å². The van der Waals surface area contributed by atoms with Gasteiger partial charge in [0.25, 0.3) is 0 Å². The summed E-state index contributed by atoms with van der Waals surface area (Å²) >= 11 is 0. The van der Waals surface area contributed by atoms with E-state index in [-0.39, 0.29) is 23.9 Å². The van der Waals surface area contributed by atoms with Crippen LogP contribution in [0.5, 0.6) is 0 Å². The quantitative estimate of drug-likeness (QED) is 0.870. The minimum absolute atomic E-state index is 0.0479. The van der Waals surface area contributed by atoms with Crippen molar-refractivity contribution in [3.8, 4) is 0 Å². The lowest BCUT2D eigenvalue weighted by Gasteiger charge is -2.35. The highest BCUT2D eigenvalue weighted by Gasteiger charge is 2.32. The summed E-state index contributed by atoms with van der Waals surface area (Å²) in [6.45, 7) is 0.383. The van der Waals surface area contributed by atoms with Crippen molar-refractivity contribution in [2.75, 3.05) is 18.5 Å². The van der Waals surface area contributed by atoms with E-state index in [0.717, 1.165) is 25.7 Å². The minimum Gasteiger partial charge on any atom is -0.364 e. The van der Waals surface area contributed by atoms with Gasteiger partial charge >= 0.3 is 0 Å². The summed E-state index contributed by atoms with van der Waals surface area (Å²) in [6, 6.07) is 5.80. The van der Waals surface area contributed by atoms with Crippen LogP contribution in [0.15, 0.2) is 24.3 Å². The Kier molecular flexibility index (Phi) is 5.09. The molecule has 20 heavy (non-hydrogen) atoms. The fourth-order valence-corrected chi connectivity index (χ4v) is 2.59. The highest BCUT2D eigenvalue weighted by molar-refractivity contribution is 5.91. The summed E-state index contributed by atoms with van der Waals surface area (Å²) in [4.78, 5) is 11.8. The van der Waals surface area contributed by atoms with E-state index in [9.17, 15) is 9.18 Å². The fourth-order valence-electron chi connectivity index (χ4n) is 2.59. The predicted molar refractivity (Wildman–Crippen MR) is 75.9 cm³/mol. The molecule has 1 aliphatic carbocycles. The third kappa shape index (κ3) is 4.02. The highest BCUT2D eigenvalue weighted by atomic mass is 19.1. The summed E-state index contributed by atoms with van der Waals surface area (Å²) in [5, 5.41) is 2.62. The average Bonchev–Trinajstić information content (AvgIpc) is 2.46. The first-order chi connectivity index (χ1) is 9.63. The zero-order valence-electron chi connectivity index (χ0n) is 11.5. The first-order valence-corrected chi connectivity index (χ1v) is 7.03. The molecule has 0 saturated heterocycles. The lowest BCUT2D eigenvalue weighted by atomic mass is 9.85. The Labute approximate surface area is 118 Å². The van der Waals surface area contributed by atoms with E-state index in [0.29, 0.717) is 12.2 Å². The van der Waals surface area contributed by atoms with Gasteiger partial charge in [0.1, 0.15) is 12.4 Å². The molecule has 0 bridgehead atoms. The summed E-state index contributed by atoms with van der Waals surface area (Å²) in [5.74, 6) is -0.663. The molecule has 0 spiro atoms. The molecule has 0 aromatic heterocycles. The van der Waals surface area contributed by atoms with Crippen LogP contribution in [0.25, 0.3) is 0 Å². The van der Waals surface area contributed by atoms with Crippen molar-refractivity contribution in [1.82, 2.24) is 0 Å². The van der Waals surface area contributed by atoms with Crippen LogP contribution in [0.4, 0.5) is 10.1 Å². The number of ether oxygens (including phenoxy) is 1. The van der Waals surface area contributed by atoms with Gasteiger partial charge < -0.3 is 15.8 Å². The number of hydrogen-bond acceptors (Lipinski definition) is 3. The molecule has 2 rings (SSSR count). The van der Waals surface area contributed by atoms with E-state index in [1.807, 2.05) is 0 Å². The van der Waals surface area contributed by atoms with Gasteiger partial charge in [-0.2, -0.15) is 0 Å². The largest absolute Gasteiger partial charge is 0.364 e. The number of carbonyl (C=O) groups excluding carboxylic acids is 1. The number of benzene rings is 1. The maximum atomic E-state index is 13.0. The summed E-state index contributed by atoms with van der Waals surface area (Å²) in [7, 11) is 0. The second-order valence-corrected chi connectivity index (χ2v) is 5.29. The van der Waals surface area contributed by atoms with Gasteiger partial charge in [-0.1, -0.05) is 25.3 Å². The van der Waals surface area contributed by atoms with Gasteiger partial charge in [0.05, 0.1) is 5.60 Å². The van der Waals surface area contributed by atoms with E-state index >= 15 is 0 Å². The number of amides is 1. The molecule has 1 aromatic carbocycles. The van der Waals surface area contributed by atoms with Gasteiger partial charge in [-0.05, 0) is 31.0 Å². The van der Waals surface area contributed by atoms with Crippen LogP contribution in [0.3, 0.4) is 0 Å². The molecule has 0 atom stereocenters. The molecule has 110 valence electrons. The topological polar surface area (TPSA) is 64.3 Å². The first kappa shape index (κ1) is 14.9. The number of rotatable bonds is 5. The van der Waals surface area contributed by atoms with Crippen molar-refractivity contribution >= 4 is 11.6 Å². The SMILES string of the molecule is NCC1(OCC(=O)Nc2cccc(F)c2)CCCCC1. The number of nitrogens with two attached hydrogens (primary N) is 1. The van der Waals surface area contributed by atoms with Crippen LogP contribution in [-0.2, 0) is 9.53 Å². The molecule has 4 nitrogen and oxygen atoms in total. The molecule has 0 unspecified atom stereocenters. The van der Waals surface area contributed by atoms with E-state index in [1.54, 1.807) is 12.1 Å². The standard InChI is InChI=1S/C15H21FN2O2/c16-12-5-4-6-13(9-12)18-14(19)10-20-15(11-17)7-2-1-3-8-15/h4-6,9H,1-3,7-8,10-11,17H2,(H,18,19). The second-order valence-electron chi connectivity index (χ2n) is 5.29. The molecule has 1 fully saturated rings. The Morgan fingerprint density at radius 1 is 1.35 bits per heavy atom. The molecule has 0 heterocycles. The number of halogens is 1. The third-order valence-corrected chi connectivity index (χ3v) is 3.75. The van der Waals surface area contributed by atoms with Gasteiger partial charge in [-0.3, -0.25) is 4.79 Å². The molecular weight excluding hydrogens is 259 g/mol. The van der Waals surface area contributed by atoms with E-state index < -0.39 is 0 Å².